The molecule has 0 spiro atoms. The van der Waals surface area contributed by atoms with E-state index in [1.165, 1.54) is 6.07 Å². The van der Waals surface area contributed by atoms with E-state index in [1.54, 1.807) is 6.07 Å². The first kappa shape index (κ1) is 11.3. The van der Waals surface area contributed by atoms with Crippen LogP contribution in [-0.2, 0) is 0 Å². The Kier molecular flexibility index (Phi) is 4.17. The maximum Gasteiger partial charge on any atom is 0.254 e. The molecule has 0 aliphatic carbocycles. The van der Waals surface area contributed by atoms with E-state index in [0.29, 0.717) is 12.1 Å². The van der Waals surface area contributed by atoms with Gasteiger partial charge >= 0.3 is 0 Å². The van der Waals surface area contributed by atoms with Gasteiger partial charge in [-0.3, -0.25) is 4.79 Å². The Morgan fingerprint density at radius 1 is 1.50 bits per heavy atom. The lowest BCUT2D eigenvalue weighted by molar-refractivity contribution is 0.0953. The molecule has 1 N–H and O–H groups in total. The average Bonchev–Trinajstić information content (AvgIpc) is 2.14. The van der Waals surface area contributed by atoms with E-state index in [4.69, 9.17) is 23.2 Å². The molecule has 0 atom stereocenters. The zero-order chi connectivity index (χ0) is 10.6. The first-order chi connectivity index (χ1) is 6.65. The van der Waals surface area contributed by atoms with Gasteiger partial charge in [0.1, 0.15) is 10.3 Å². The predicted octanol–water partition coefficient (Wildman–Crippen LogP) is 2.53. The molecule has 0 radical (unpaired) electrons. The largest absolute Gasteiger partial charge is 0.352 e. The standard InChI is InChI=1S/C9H10Cl2N2O/c1-2-5-12-9(14)6-3-4-7(10)13-8(6)11/h3-4H,2,5H2,1H3,(H,12,14). The first-order valence-corrected chi connectivity index (χ1v) is 5.01. The minimum atomic E-state index is -0.221. The molecule has 14 heavy (non-hydrogen) atoms. The van der Waals surface area contributed by atoms with Gasteiger partial charge in [-0.1, -0.05) is 30.1 Å². The number of carbonyl (C=O) groups is 1. The second kappa shape index (κ2) is 5.17. The summed E-state index contributed by atoms with van der Waals surface area (Å²) in [6, 6.07) is 3.09. The molecule has 0 aromatic carbocycles. The number of hydrogen-bond acceptors (Lipinski definition) is 2. The van der Waals surface area contributed by atoms with E-state index in [9.17, 15) is 4.79 Å². The van der Waals surface area contributed by atoms with E-state index >= 15 is 0 Å². The SMILES string of the molecule is CCCNC(=O)c1ccc(Cl)nc1Cl. The van der Waals surface area contributed by atoms with Crippen molar-refractivity contribution in [2.24, 2.45) is 0 Å². The molecule has 0 aliphatic rings. The molecule has 1 aromatic rings. The molecule has 0 aliphatic heterocycles. The van der Waals surface area contributed by atoms with Gasteiger partial charge < -0.3 is 5.32 Å². The highest BCUT2D eigenvalue weighted by atomic mass is 35.5. The molecule has 1 amide bonds. The summed E-state index contributed by atoms with van der Waals surface area (Å²) in [5.74, 6) is -0.221. The van der Waals surface area contributed by atoms with Crippen LogP contribution in [0.15, 0.2) is 12.1 Å². The van der Waals surface area contributed by atoms with Crippen molar-refractivity contribution in [1.29, 1.82) is 0 Å². The number of hydrogen-bond donors (Lipinski definition) is 1. The number of rotatable bonds is 3. The van der Waals surface area contributed by atoms with Crippen LogP contribution in [0.1, 0.15) is 23.7 Å². The van der Waals surface area contributed by atoms with Crippen LogP contribution in [-0.4, -0.2) is 17.4 Å². The molecule has 76 valence electrons. The fourth-order valence-electron chi connectivity index (χ4n) is 0.915. The van der Waals surface area contributed by atoms with Crippen molar-refractivity contribution in [1.82, 2.24) is 10.3 Å². The monoisotopic (exact) mass is 232 g/mol. The number of pyridine rings is 1. The number of aromatic nitrogens is 1. The number of amides is 1. The topological polar surface area (TPSA) is 42.0 Å². The molecule has 0 saturated carbocycles. The van der Waals surface area contributed by atoms with E-state index in [2.05, 4.69) is 10.3 Å². The average molecular weight is 233 g/mol. The van der Waals surface area contributed by atoms with E-state index in [0.717, 1.165) is 6.42 Å². The zero-order valence-electron chi connectivity index (χ0n) is 7.68. The van der Waals surface area contributed by atoms with E-state index in [-0.39, 0.29) is 16.2 Å². The molecule has 1 aromatic heterocycles. The van der Waals surface area contributed by atoms with Crippen molar-refractivity contribution < 1.29 is 4.79 Å². The summed E-state index contributed by atoms with van der Waals surface area (Å²) in [5, 5.41) is 3.11. The molecular formula is C9H10Cl2N2O. The maximum atomic E-state index is 11.5. The summed E-state index contributed by atoms with van der Waals surface area (Å²) in [6.07, 6.45) is 0.879. The van der Waals surface area contributed by atoms with Crippen LogP contribution in [0, 0.1) is 0 Å². The number of nitrogens with one attached hydrogen (secondary N) is 1. The Labute approximate surface area is 92.4 Å². The highest BCUT2D eigenvalue weighted by Crippen LogP contribution is 2.16. The van der Waals surface area contributed by atoms with Crippen LogP contribution >= 0.6 is 23.2 Å². The lowest BCUT2D eigenvalue weighted by atomic mass is 10.2. The van der Waals surface area contributed by atoms with Crippen LogP contribution in [0.4, 0.5) is 0 Å². The van der Waals surface area contributed by atoms with E-state index < -0.39 is 0 Å². The van der Waals surface area contributed by atoms with Crippen molar-refractivity contribution in [3.8, 4) is 0 Å². The summed E-state index contributed by atoms with van der Waals surface area (Å²) < 4.78 is 0. The molecule has 0 saturated heterocycles. The number of nitrogens with zero attached hydrogens (tertiary/aromatic N) is 1. The van der Waals surface area contributed by atoms with Crippen molar-refractivity contribution in [2.75, 3.05) is 6.54 Å². The normalized spacial score (nSPS) is 9.93. The Morgan fingerprint density at radius 2 is 2.21 bits per heavy atom. The molecule has 0 fully saturated rings. The third kappa shape index (κ3) is 2.86. The summed E-state index contributed by atoms with van der Waals surface area (Å²) in [4.78, 5) is 15.2. The molecule has 5 heteroatoms. The Balaban J connectivity index is 2.80. The van der Waals surface area contributed by atoms with E-state index in [1.807, 2.05) is 6.92 Å². The van der Waals surface area contributed by atoms with Gasteiger partial charge in [0, 0.05) is 6.54 Å². The predicted molar refractivity (Wildman–Crippen MR) is 56.9 cm³/mol. The zero-order valence-corrected chi connectivity index (χ0v) is 9.19. The summed E-state index contributed by atoms with van der Waals surface area (Å²) in [6.45, 7) is 2.60. The highest BCUT2D eigenvalue weighted by molar-refractivity contribution is 6.34. The van der Waals surface area contributed by atoms with Crippen LogP contribution in [0.2, 0.25) is 10.3 Å². The van der Waals surface area contributed by atoms with Gasteiger partial charge in [-0.2, -0.15) is 0 Å². The molecule has 1 rings (SSSR count). The van der Waals surface area contributed by atoms with Gasteiger partial charge in [0.05, 0.1) is 5.56 Å². The molecular weight excluding hydrogens is 223 g/mol. The van der Waals surface area contributed by atoms with Gasteiger partial charge in [-0.25, -0.2) is 4.98 Å². The third-order valence-electron chi connectivity index (χ3n) is 1.59. The van der Waals surface area contributed by atoms with Crippen molar-refractivity contribution in [3.63, 3.8) is 0 Å². The fourth-order valence-corrected chi connectivity index (χ4v) is 1.35. The molecule has 0 unspecified atom stereocenters. The summed E-state index contributed by atoms with van der Waals surface area (Å²) in [5.41, 5.74) is 0.351. The summed E-state index contributed by atoms with van der Waals surface area (Å²) >= 11 is 11.3. The Morgan fingerprint density at radius 3 is 2.79 bits per heavy atom. The maximum absolute atomic E-state index is 11.5. The first-order valence-electron chi connectivity index (χ1n) is 4.25. The smallest absolute Gasteiger partial charge is 0.254 e. The van der Waals surface area contributed by atoms with Crippen LogP contribution < -0.4 is 5.32 Å². The fraction of sp³-hybridized carbons (Fsp3) is 0.333. The highest BCUT2D eigenvalue weighted by Gasteiger charge is 2.10. The molecule has 3 nitrogen and oxygen atoms in total. The van der Waals surface area contributed by atoms with Crippen molar-refractivity contribution >= 4 is 29.1 Å². The van der Waals surface area contributed by atoms with Gasteiger partial charge in [-0.15, -0.1) is 0 Å². The van der Waals surface area contributed by atoms with Gasteiger partial charge in [0.15, 0.2) is 0 Å². The number of carbonyl (C=O) groups excluding carboxylic acids is 1. The second-order valence-corrected chi connectivity index (χ2v) is 3.47. The number of halogens is 2. The summed E-state index contributed by atoms with van der Waals surface area (Å²) in [7, 11) is 0. The van der Waals surface area contributed by atoms with Crippen molar-refractivity contribution in [2.45, 2.75) is 13.3 Å². The minimum absolute atomic E-state index is 0.131. The molecule has 1 heterocycles. The quantitative estimate of drug-likeness (QED) is 0.815. The van der Waals surface area contributed by atoms with Crippen LogP contribution in [0.25, 0.3) is 0 Å². The van der Waals surface area contributed by atoms with Gasteiger partial charge in [-0.05, 0) is 18.6 Å². The molecule has 0 bridgehead atoms. The van der Waals surface area contributed by atoms with Crippen LogP contribution in [0.5, 0.6) is 0 Å². The second-order valence-electron chi connectivity index (χ2n) is 2.73. The lowest BCUT2D eigenvalue weighted by Gasteiger charge is -2.04. The Bertz CT molecular complexity index is 342. The Hall–Kier alpha value is -0.800. The minimum Gasteiger partial charge on any atom is -0.352 e. The van der Waals surface area contributed by atoms with Gasteiger partial charge in [0.25, 0.3) is 5.91 Å². The van der Waals surface area contributed by atoms with Crippen LogP contribution in [0.3, 0.4) is 0 Å². The third-order valence-corrected chi connectivity index (χ3v) is 2.09. The van der Waals surface area contributed by atoms with Crippen molar-refractivity contribution in [3.05, 3.63) is 28.0 Å². The lowest BCUT2D eigenvalue weighted by Crippen LogP contribution is -2.24. The van der Waals surface area contributed by atoms with Gasteiger partial charge in [0.2, 0.25) is 0 Å².